The van der Waals surface area contributed by atoms with Crippen LogP contribution in [0.2, 0.25) is 0 Å². The molecule has 0 heterocycles. The van der Waals surface area contributed by atoms with Crippen molar-refractivity contribution in [3.8, 4) is 0 Å². The Morgan fingerprint density at radius 1 is 1.14 bits per heavy atom. The number of hydrogen-bond donors (Lipinski definition) is 1. The first-order valence-electron chi connectivity index (χ1n) is 6.89. The number of benzene rings is 2. The minimum atomic E-state index is -0.287. The summed E-state index contributed by atoms with van der Waals surface area (Å²) in [6.07, 6.45) is 0. The van der Waals surface area contributed by atoms with Gasteiger partial charge in [-0.25, -0.2) is 4.79 Å². The second kappa shape index (κ2) is 7.27. The van der Waals surface area contributed by atoms with Gasteiger partial charge in [0, 0.05) is 16.2 Å². The Kier molecular flexibility index (Phi) is 5.39. The fourth-order valence-corrected chi connectivity index (χ4v) is 2.27. The average molecular weight is 348 g/mol. The van der Waals surface area contributed by atoms with Crippen molar-refractivity contribution in [2.24, 2.45) is 0 Å². The van der Waals surface area contributed by atoms with E-state index in [0.29, 0.717) is 12.2 Å². The van der Waals surface area contributed by atoms with Gasteiger partial charge >= 0.3 is 5.97 Å². The van der Waals surface area contributed by atoms with Crippen LogP contribution in [0.3, 0.4) is 0 Å². The molecule has 0 radical (unpaired) electrons. The number of hydrogen-bond acceptors (Lipinski definition) is 3. The zero-order valence-corrected chi connectivity index (χ0v) is 13.7. The molecule has 0 amide bonds. The van der Waals surface area contributed by atoms with E-state index in [2.05, 4.69) is 40.3 Å². The van der Waals surface area contributed by atoms with Crippen molar-refractivity contribution in [1.29, 1.82) is 0 Å². The van der Waals surface area contributed by atoms with Crippen LogP contribution in [0, 0.1) is 0 Å². The summed E-state index contributed by atoms with van der Waals surface area (Å²) < 4.78 is 6.03. The van der Waals surface area contributed by atoms with Crippen LogP contribution < -0.4 is 5.32 Å². The quantitative estimate of drug-likeness (QED) is 0.789. The third kappa shape index (κ3) is 4.33. The van der Waals surface area contributed by atoms with Crippen LogP contribution in [0.5, 0.6) is 0 Å². The van der Waals surface area contributed by atoms with Gasteiger partial charge in [0.1, 0.15) is 0 Å². The third-order valence-corrected chi connectivity index (χ3v) is 3.68. The average Bonchev–Trinajstić information content (AvgIpc) is 2.49. The Hall–Kier alpha value is -1.81. The summed E-state index contributed by atoms with van der Waals surface area (Å²) in [5, 5.41) is 3.41. The first-order valence-corrected chi connectivity index (χ1v) is 7.68. The summed E-state index contributed by atoms with van der Waals surface area (Å²) in [4.78, 5) is 11.6. The predicted molar refractivity (Wildman–Crippen MR) is 88.6 cm³/mol. The van der Waals surface area contributed by atoms with Gasteiger partial charge in [-0.2, -0.15) is 0 Å². The highest BCUT2D eigenvalue weighted by Gasteiger charge is 2.08. The molecule has 1 atom stereocenters. The van der Waals surface area contributed by atoms with Crippen LogP contribution >= 0.6 is 15.9 Å². The molecular formula is C17H18BrNO2. The zero-order chi connectivity index (χ0) is 15.2. The minimum absolute atomic E-state index is 0.187. The van der Waals surface area contributed by atoms with Crippen molar-refractivity contribution >= 4 is 27.6 Å². The number of esters is 1. The highest BCUT2D eigenvalue weighted by molar-refractivity contribution is 9.10. The molecule has 4 heteroatoms. The molecule has 3 nitrogen and oxygen atoms in total. The molecule has 0 aliphatic rings. The Bertz CT molecular complexity index is 593. The van der Waals surface area contributed by atoms with Crippen molar-refractivity contribution in [3.05, 3.63) is 64.1 Å². The van der Waals surface area contributed by atoms with E-state index in [1.807, 2.05) is 24.3 Å². The van der Waals surface area contributed by atoms with Gasteiger partial charge in [-0.05, 0) is 55.8 Å². The van der Waals surface area contributed by atoms with Gasteiger partial charge in [0.05, 0.1) is 12.2 Å². The minimum Gasteiger partial charge on any atom is -0.462 e. The first-order chi connectivity index (χ1) is 10.1. The van der Waals surface area contributed by atoms with E-state index in [1.54, 1.807) is 19.1 Å². The number of rotatable bonds is 5. The van der Waals surface area contributed by atoms with Crippen LogP contribution in [-0.2, 0) is 4.74 Å². The lowest BCUT2D eigenvalue weighted by Crippen LogP contribution is -2.07. The van der Waals surface area contributed by atoms with E-state index in [4.69, 9.17) is 4.74 Å². The van der Waals surface area contributed by atoms with Crippen LogP contribution in [0.25, 0.3) is 0 Å². The summed E-state index contributed by atoms with van der Waals surface area (Å²) in [5.74, 6) is -0.287. The fraction of sp³-hybridized carbons (Fsp3) is 0.235. The molecule has 0 aliphatic carbocycles. The van der Waals surface area contributed by atoms with E-state index in [0.717, 1.165) is 10.2 Å². The maximum absolute atomic E-state index is 11.6. The van der Waals surface area contributed by atoms with Crippen molar-refractivity contribution < 1.29 is 9.53 Å². The van der Waals surface area contributed by atoms with Crippen LogP contribution in [0.4, 0.5) is 5.69 Å². The highest BCUT2D eigenvalue weighted by atomic mass is 79.9. The number of nitrogens with one attached hydrogen (secondary N) is 1. The van der Waals surface area contributed by atoms with Crippen LogP contribution in [0.15, 0.2) is 53.0 Å². The molecule has 0 aliphatic heterocycles. The Morgan fingerprint density at radius 3 is 2.33 bits per heavy atom. The van der Waals surface area contributed by atoms with Gasteiger partial charge in [-0.15, -0.1) is 0 Å². The monoisotopic (exact) mass is 347 g/mol. The fourth-order valence-electron chi connectivity index (χ4n) is 2.00. The lowest BCUT2D eigenvalue weighted by molar-refractivity contribution is 0.0526. The van der Waals surface area contributed by atoms with Gasteiger partial charge < -0.3 is 10.1 Å². The predicted octanol–water partition coefficient (Wildman–Crippen LogP) is 4.80. The normalized spacial score (nSPS) is 11.8. The second-order valence-electron chi connectivity index (χ2n) is 4.72. The molecule has 2 aromatic rings. The molecule has 0 saturated carbocycles. The summed E-state index contributed by atoms with van der Waals surface area (Å²) in [5.41, 5.74) is 2.74. The van der Waals surface area contributed by atoms with E-state index < -0.39 is 0 Å². The van der Waals surface area contributed by atoms with Crippen LogP contribution in [0.1, 0.15) is 35.8 Å². The van der Waals surface area contributed by atoms with Gasteiger partial charge in [0.2, 0.25) is 0 Å². The van der Waals surface area contributed by atoms with Crippen molar-refractivity contribution in [2.45, 2.75) is 19.9 Å². The molecule has 21 heavy (non-hydrogen) atoms. The maximum Gasteiger partial charge on any atom is 0.338 e. The number of ether oxygens (including phenoxy) is 1. The third-order valence-electron chi connectivity index (χ3n) is 3.15. The van der Waals surface area contributed by atoms with E-state index in [-0.39, 0.29) is 12.0 Å². The molecule has 2 rings (SSSR count). The molecule has 0 fully saturated rings. The molecule has 1 unspecified atom stereocenters. The molecule has 0 spiro atoms. The SMILES string of the molecule is CCOC(=O)c1ccc(NC(C)c2ccc(Br)cc2)cc1. The number of carbonyl (C=O) groups excluding carboxylic acids is 1. The van der Waals surface area contributed by atoms with E-state index in [9.17, 15) is 4.79 Å². The molecule has 110 valence electrons. The highest BCUT2D eigenvalue weighted by Crippen LogP contribution is 2.21. The Labute approximate surface area is 133 Å². The maximum atomic E-state index is 11.6. The summed E-state index contributed by atoms with van der Waals surface area (Å²) in [7, 11) is 0. The molecule has 1 N–H and O–H groups in total. The van der Waals surface area contributed by atoms with E-state index in [1.165, 1.54) is 5.56 Å². The molecule has 0 bridgehead atoms. The number of anilines is 1. The second-order valence-corrected chi connectivity index (χ2v) is 5.63. The number of halogens is 1. The Morgan fingerprint density at radius 2 is 1.76 bits per heavy atom. The zero-order valence-electron chi connectivity index (χ0n) is 12.1. The molecule has 0 aromatic heterocycles. The van der Waals surface area contributed by atoms with Gasteiger partial charge in [0.15, 0.2) is 0 Å². The summed E-state index contributed by atoms with van der Waals surface area (Å²) >= 11 is 3.43. The summed E-state index contributed by atoms with van der Waals surface area (Å²) in [6.45, 7) is 4.29. The smallest absolute Gasteiger partial charge is 0.338 e. The summed E-state index contributed by atoms with van der Waals surface area (Å²) in [6, 6.07) is 15.7. The van der Waals surface area contributed by atoms with Crippen LogP contribution in [-0.4, -0.2) is 12.6 Å². The number of carbonyl (C=O) groups is 1. The molecule has 2 aromatic carbocycles. The van der Waals surface area contributed by atoms with Crippen molar-refractivity contribution in [1.82, 2.24) is 0 Å². The first kappa shape index (κ1) is 15.6. The lowest BCUT2D eigenvalue weighted by atomic mass is 10.1. The Balaban J connectivity index is 2.02. The lowest BCUT2D eigenvalue weighted by Gasteiger charge is -2.16. The van der Waals surface area contributed by atoms with Gasteiger partial charge in [-0.1, -0.05) is 28.1 Å². The largest absolute Gasteiger partial charge is 0.462 e. The van der Waals surface area contributed by atoms with Crippen molar-refractivity contribution in [2.75, 3.05) is 11.9 Å². The standard InChI is InChI=1S/C17H18BrNO2/c1-3-21-17(20)14-6-10-16(11-7-14)19-12(2)13-4-8-15(18)9-5-13/h4-12,19H,3H2,1-2H3. The molecular weight excluding hydrogens is 330 g/mol. The van der Waals surface area contributed by atoms with Gasteiger partial charge in [0.25, 0.3) is 0 Å². The molecule has 0 saturated heterocycles. The topological polar surface area (TPSA) is 38.3 Å². The van der Waals surface area contributed by atoms with Crippen molar-refractivity contribution in [3.63, 3.8) is 0 Å². The van der Waals surface area contributed by atoms with Gasteiger partial charge in [-0.3, -0.25) is 0 Å². The van der Waals surface area contributed by atoms with E-state index >= 15 is 0 Å².